The summed E-state index contributed by atoms with van der Waals surface area (Å²) in [7, 11) is 1.98. The van der Waals surface area contributed by atoms with E-state index in [1.807, 2.05) is 7.05 Å². The molecular formula is C13H17N3O5. The summed E-state index contributed by atoms with van der Waals surface area (Å²) in [6, 6.07) is 3.65. The van der Waals surface area contributed by atoms with Crippen molar-refractivity contribution in [3.05, 3.63) is 33.9 Å². The molecule has 0 spiro atoms. The number of benzene rings is 1. The van der Waals surface area contributed by atoms with Crippen molar-refractivity contribution in [2.45, 2.75) is 6.10 Å². The van der Waals surface area contributed by atoms with E-state index < -0.39 is 10.9 Å². The Morgan fingerprint density at radius 3 is 3.00 bits per heavy atom. The predicted octanol–water partition coefficient (Wildman–Crippen LogP) is 1.04. The molecule has 0 radical (unpaired) electrons. The SMILES string of the molecule is CN1CCOC(CNc2cc([N+](=O)[O-])ccc2C(=O)O)C1. The summed E-state index contributed by atoms with van der Waals surface area (Å²) in [6.45, 7) is 2.59. The Morgan fingerprint density at radius 1 is 1.62 bits per heavy atom. The van der Waals surface area contributed by atoms with E-state index in [4.69, 9.17) is 9.84 Å². The van der Waals surface area contributed by atoms with Gasteiger partial charge in [-0.1, -0.05) is 0 Å². The molecule has 0 aliphatic carbocycles. The molecule has 0 bridgehead atoms. The largest absolute Gasteiger partial charge is 0.478 e. The van der Waals surface area contributed by atoms with Gasteiger partial charge in [-0.15, -0.1) is 0 Å². The quantitative estimate of drug-likeness (QED) is 0.617. The van der Waals surface area contributed by atoms with E-state index in [0.29, 0.717) is 13.2 Å². The van der Waals surface area contributed by atoms with Gasteiger partial charge in [0.05, 0.1) is 28.9 Å². The van der Waals surface area contributed by atoms with Crippen LogP contribution in [0.5, 0.6) is 0 Å². The van der Waals surface area contributed by atoms with E-state index in [-0.39, 0.29) is 23.0 Å². The number of carbonyl (C=O) groups is 1. The molecule has 1 aliphatic rings. The maximum Gasteiger partial charge on any atom is 0.337 e. The van der Waals surface area contributed by atoms with E-state index >= 15 is 0 Å². The van der Waals surface area contributed by atoms with Gasteiger partial charge in [0.25, 0.3) is 5.69 Å². The van der Waals surface area contributed by atoms with Crippen molar-refractivity contribution in [1.82, 2.24) is 4.90 Å². The summed E-state index contributed by atoms with van der Waals surface area (Å²) in [5.41, 5.74) is 0.0856. The number of morpholine rings is 1. The zero-order valence-corrected chi connectivity index (χ0v) is 11.6. The average Bonchev–Trinajstić information content (AvgIpc) is 2.44. The second kappa shape index (κ2) is 6.51. The van der Waals surface area contributed by atoms with Gasteiger partial charge in [0.1, 0.15) is 0 Å². The first-order valence-corrected chi connectivity index (χ1v) is 6.53. The molecule has 8 nitrogen and oxygen atoms in total. The second-order valence-corrected chi connectivity index (χ2v) is 4.93. The monoisotopic (exact) mass is 295 g/mol. The number of nitrogens with zero attached hydrogens (tertiary/aromatic N) is 2. The van der Waals surface area contributed by atoms with E-state index in [1.54, 1.807) is 0 Å². The van der Waals surface area contributed by atoms with Crippen molar-refractivity contribution < 1.29 is 19.6 Å². The minimum absolute atomic E-state index is 0.00441. The Bertz CT molecular complexity index is 549. The van der Waals surface area contributed by atoms with Crippen LogP contribution in [0.2, 0.25) is 0 Å². The first-order chi connectivity index (χ1) is 9.97. The molecular weight excluding hydrogens is 278 g/mol. The van der Waals surface area contributed by atoms with Crippen LogP contribution in [0.1, 0.15) is 10.4 Å². The minimum atomic E-state index is -1.13. The molecule has 2 N–H and O–H groups in total. The van der Waals surface area contributed by atoms with Crippen LogP contribution < -0.4 is 5.32 Å². The van der Waals surface area contributed by atoms with Gasteiger partial charge < -0.3 is 20.1 Å². The number of nitrogens with one attached hydrogen (secondary N) is 1. The summed E-state index contributed by atoms with van der Waals surface area (Å²) >= 11 is 0. The standard InChI is InChI=1S/C13H17N3O5/c1-15-4-5-21-10(8-15)7-14-12-6-9(16(19)20)2-3-11(12)13(17)18/h2-3,6,10,14H,4-5,7-8H2,1H3,(H,17,18). The van der Waals surface area contributed by atoms with E-state index in [2.05, 4.69) is 10.2 Å². The zero-order chi connectivity index (χ0) is 15.4. The van der Waals surface area contributed by atoms with Crippen LogP contribution in [0, 0.1) is 10.1 Å². The average molecular weight is 295 g/mol. The molecule has 1 aromatic rings. The van der Waals surface area contributed by atoms with E-state index in [9.17, 15) is 14.9 Å². The van der Waals surface area contributed by atoms with Crippen LogP contribution in [0.25, 0.3) is 0 Å². The lowest BCUT2D eigenvalue weighted by molar-refractivity contribution is -0.384. The highest BCUT2D eigenvalue weighted by Gasteiger charge is 2.20. The number of carboxylic acid groups (broad SMARTS) is 1. The fourth-order valence-corrected chi connectivity index (χ4v) is 2.19. The number of nitro benzene ring substituents is 1. The highest BCUT2D eigenvalue weighted by atomic mass is 16.6. The topological polar surface area (TPSA) is 105 Å². The Balaban J connectivity index is 2.11. The number of likely N-dealkylation sites (N-methyl/N-ethyl adjacent to an activating group) is 1. The predicted molar refractivity (Wildman–Crippen MR) is 75.8 cm³/mol. The number of anilines is 1. The Kier molecular flexibility index (Phi) is 4.71. The van der Waals surface area contributed by atoms with Crippen molar-refractivity contribution in [2.24, 2.45) is 0 Å². The highest BCUT2D eigenvalue weighted by Crippen LogP contribution is 2.23. The molecule has 2 rings (SSSR count). The molecule has 1 aliphatic heterocycles. The summed E-state index contributed by atoms with van der Waals surface area (Å²) < 4.78 is 5.56. The fourth-order valence-electron chi connectivity index (χ4n) is 2.19. The number of nitro groups is 1. The zero-order valence-electron chi connectivity index (χ0n) is 11.6. The van der Waals surface area contributed by atoms with Gasteiger partial charge in [0.2, 0.25) is 0 Å². The number of hydrogen-bond acceptors (Lipinski definition) is 6. The molecule has 1 heterocycles. The van der Waals surface area contributed by atoms with Crippen molar-refractivity contribution in [1.29, 1.82) is 0 Å². The third-order valence-electron chi connectivity index (χ3n) is 3.31. The van der Waals surface area contributed by atoms with Gasteiger partial charge in [-0.2, -0.15) is 0 Å². The van der Waals surface area contributed by atoms with Crippen molar-refractivity contribution in [2.75, 3.05) is 38.6 Å². The molecule has 1 atom stereocenters. The first kappa shape index (κ1) is 15.2. The van der Waals surface area contributed by atoms with Gasteiger partial charge in [0.15, 0.2) is 0 Å². The summed E-state index contributed by atoms with van der Waals surface area (Å²) in [4.78, 5) is 23.5. The molecule has 114 valence electrons. The molecule has 0 aromatic heterocycles. The Morgan fingerprint density at radius 2 is 2.38 bits per heavy atom. The molecule has 1 fully saturated rings. The second-order valence-electron chi connectivity index (χ2n) is 4.93. The van der Waals surface area contributed by atoms with Gasteiger partial charge in [0, 0.05) is 31.8 Å². The maximum absolute atomic E-state index is 11.2. The third kappa shape index (κ3) is 3.89. The van der Waals surface area contributed by atoms with Crippen LogP contribution in [-0.4, -0.2) is 60.3 Å². The van der Waals surface area contributed by atoms with Gasteiger partial charge >= 0.3 is 5.97 Å². The highest BCUT2D eigenvalue weighted by molar-refractivity contribution is 5.94. The van der Waals surface area contributed by atoms with Gasteiger partial charge in [-0.25, -0.2) is 4.79 Å². The first-order valence-electron chi connectivity index (χ1n) is 6.53. The van der Waals surface area contributed by atoms with Gasteiger partial charge in [-0.05, 0) is 13.1 Å². The normalized spacial score (nSPS) is 19.2. The van der Waals surface area contributed by atoms with Crippen LogP contribution >= 0.6 is 0 Å². The number of non-ortho nitro benzene ring substituents is 1. The van der Waals surface area contributed by atoms with Crippen LogP contribution in [0.15, 0.2) is 18.2 Å². The Hall–Kier alpha value is -2.19. The lowest BCUT2D eigenvalue weighted by Gasteiger charge is -2.30. The molecule has 0 saturated carbocycles. The molecule has 0 amide bonds. The van der Waals surface area contributed by atoms with Crippen molar-refractivity contribution in [3.8, 4) is 0 Å². The lowest BCUT2D eigenvalue weighted by atomic mass is 10.1. The van der Waals surface area contributed by atoms with Crippen molar-refractivity contribution >= 4 is 17.3 Å². The van der Waals surface area contributed by atoms with E-state index in [0.717, 1.165) is 13.1 Å². The van der Waals surface area contributed by atoms with Crippen LogP contribution in [0.3, 0.4) is 0 Å². The van der Waals surface area contributed by atoms with Gasteiger partial charge in [-0.3, -0.25) is 10.1 Å². The van der Waals surface area contributed by atoms with E-state index in [1.165, 1.54) is 18.2 Å². The van der Waals surface area contributed by atoms with Crippen LogP contribution in [0.4, 0.5) is 11.4 Å². The molecule has 21 heavy (non-hydrogen) atoms. The van der Waals surface area contributed by atoms with Crippen LogP contribution in [-0.2, 0) is 4.74 Å². The molecule has 1 unspecified atom stereocenters. The summed E-state index contributed by atoms with van der Waals surface area (Å²) in [6.07, 6.45) is -0.0790. The Labute approximate surface area is 121 Å². The number of rotatable bonds is 5. The summed E-state index contributed by atoms with van der Waals surface area (Å²) in [5, 5.41) is 22.9. The fraction of sp³-hybridized carbons (Fsp3) is 0.462. The third-order valence-corrected chi connectivity index (χ3v) is 3.31. The van der Waals surface area contributed by atoms with Crippen molar-refractivity contribution in [3.63, 3.8) is 0 Å². The molecule has 1 saturated heterocycles. The number of ether oxygens (including phenoxy) is 1. The summed E-state index contributed by atoms with van der Waals surface area (Å²) in [5.74, 6) is -1.13. The number of carboxylic acids is 1. The molecule has 8 heteroatoms. The smallest absolute Gasteiger partial charge is 0.337 e. The number of aromatic carboxylic acids is 1. The number of hydrogen-bond donors (Lipinski definition) is 2. The lowest BCUT2D eigenvalue weighted by Crippen LogP contribution is -2.43. The molecule has 1 aromatic carbocycles. The maximum atomic E-state index is 11.2. The minimum Gasteiger partial charge on any atom is -0.478 e.